The number of rotatable bonds is 4. The van der Waals surface area contributed by atoms with Crippen LogP contribution in [-0.4, -0.2) is 25.2 Å². The number of ether oxygens (including phenoxy) is 2. The maximum Gasteiger partial charge on any atom is 0.142 e. The van der Waals surface area contributed by atoms with Crippen molar-refractivity contribution >= 4 is 11.6 Å². The predicted molar refractivity (Wildman–Crippen MR) is 73.1 cm³/mol. The molecule has 1 aliphatic rings. The molecule has 1 saturated heterocycles. The lowest BCUT2D eigenvalue weighted by Crippen LogP contribution is -2.16. The fourth-order valence-electron chi connectivity index (χ4n) is 1.86. The molecule has 102 valence electrons. The summed E-state index contributed by atoms with van der Waals surface area (Å²) in [4.78, 5) is 0. The summed E-state index contributed by atoms with van der Waals surface area (Å²) >= 11 is 5.51. The van der Waals surface area contributed by atoms with Crippen molar-refractivity contribution < 1.29 is 13.9 Å². The molecule has 1 unspecified atom stereocenters. The summed E-state index contributed by atoms with van der Waals surface area (Å²) in [7, 11) is 0. The highest BCUT2D eigenvalue weighted by atomic mass is 35.5. The fourth-order valence-corrected chi connectivity index (χ4v) is 1.95. The lowest BCUT2D eigenvalue weighted by atomic mass is 10.2. The van der Waals surface area contributed by atoms with Crippen molar-refractivity contribution in [2.24, 2.45) is 0 Å². The quantitative estimate of drug-likeness (QED) is 0.623. The van der Waals surface area contributed by atoms with Gasteiger partial charge in [-0.3, -0.25) is 0 Å². The van der Waals surface area contributed by atoms with E-state index in [1.165, 1.54) is 6.07 Å². The van der Waals surface area contributed by atoms with Crippen LogP contribution in [0.15, 0.2) is 18.2 Å². The van der Waals surface area contributed by atoms with Crippen molar-refractivity contribution in [2.75, 3.05) is 19.1 Å². The SMILES string of the molecule is Fc1cc(OCC2CCCO2)ccc1C#CCCCl. The van der Waals surface area contributed by atoms with E-state index in [4.69, 9.17) is 21.1 Å². The molecule has 2 rings (SSSR count). The van der Waals surface area contributed by atoms with Crippen LogP contribution in [0.4, 0.5) is 4.39 Å². The zero-order valence-corrected chi connectivity index (χ0v) is 11.4. The van der Waals surface area contributed by atoms with Crippen LogP contribution in [0.2, 0.25) is 0 Å². The highest BCUT2D eigenvalue weighted by Crippen LogP contribution is 2.18. The van der Waals surface area contributed by atoms with E-state index in [2.05, 4.69) is 11.8 Å². The Labute approximate surface area is 117 Å². The van der Waals surface area contributed by atoms with Crippen LogP contribution in [0.3, 0.4) is 0 Å². The Kier molecular flexibility index (Phi) is 5.50. The summed E-state index contributed by atoms with van der Waals surface area (Å²) in [6, 6.07) is 4.71. The standard InChI is InChI=1S/C15H16ClFO2/c16-8-2-1-4-12-6-7-13(10-15(12)17)19-11-14-5-3-9-18-14/h6-7,10,14H,2-3,5,8-9,11H2. The number of benzene rings is 1. The second-order valence-corrected chi connectivity index (χ2v) is 4.71. The first-order chi connectivity index (χ1) is 9.29. The third-order valence-corrected chi connectivity index (χ3v) is 3.03. The van der Waals surface area contributed by atoms with Crippen LogP contribution in [0, 0.1) is 17.7 Å². The first-order valence-corrected chi connectivity index (χ1v) is 6.92. The third-order valence-electron chi connectivity index (χ3n) is 2.84. The highest BCUT2D eigenvalue weighted by molar-refractivity contribution is 6.18. The minimum absolute atomic E-state index is 0.131. The lowest BCUT2D eigenvalue weighted by molar-refractivity contribution is 0.0678. The van der Waals surface area contributed by atoms with Gasteiger partial charge in [0.1, 0.15) is 18.2 Å². The molecule has 0 amide bonds. The first-order valence-electron chi connectivity index (χ1n) is 6.38. The van der Waals surface area contributed by atoms with Crippen molar-refractivity contribution in [3.05, 3.63) is 29.6 Å². The van der Waals surface area contributed by atoms with Gasteiger partial charge in [-0.1, -0.05) is 11.8 Å². The van der Waals surface area contributed by atoms with Gasteiger partial charge < -0.3 is 9.47 Å². The van der Waals surface area contributed by atoms with Crippen molar-refractivity contribution in [3.8, 4) is 17.6 Å². The van der Waals surface area contributed by atoms with E-state index in [0.29, 0.717) is 30.2 Å². The maximum absolute atomic E-state index is 13.7. The summed E-state index contributed by atoms with van der Waals surface area (Å²) < 4.78 is 24.7. The molecule has 1 aliphatic heterocycles. The van der Waals surface area contributed by atoms with Gasteiger partial charge in [0.25, 0.3) is 0 Å². The van der Waals surface area contributed by atoms with Crippen LogP contribution in [0.5, 0.6) is 5.75 Å². The number of halogens is 2. The van der Waals surface area contributed by atoms with Gasteiger partial charge in [-0.05, 0) is 25.0 Å². The highest BCUT2D eigenvalue weighted by Gasteiger charge is 2.16. The summed E-state index contributed by atoms with van der Waals surface area (Å²) in [5.74, 6) is 6.15. The van der Waals surface area contributed by atoms with Gasteiger partial charge >= 0.3 is 0 Å². The van der Waals surface area contributed by atoms with Crippen molar-refractivity contribution in [1.82, 2.24) is 0 Å². The van der Waals surface area contributed by atoms with E-state index in [0.717, 1.165) is 19.4 Å². The molecule has 4 heteroatoms. The predicted octanol–water partition coefficient (Wildman–Crippen LogP) is 3.36. The molecule has 2 nitrogen and oxygen atoms in total. The van der Waals surface area contributed by atoms with E-state index in [9.17, 15) is 4.39 Å². The van der Waals surface area contributed by atoms with Crippen LogP contribution in [0.25, 0.3) is 0 Å². The Hall–Kier alpha value is -1.24. The van der Waals surface area contributed by atoms with Crippen molar-refractivity contribution in [3.63, 3.8) is 0 Å². The van der Waals surface area contributed by atoms with Gasteiger partial charge in [0.15, 0.2) is 0 Å². The Morgan fingerprint density at radius 3 is 3.05 bits per heavy atom. The largest absolute Gasteiger partial charge is 0.491 e. The fraction of sp³-hybridized carbons (Fsp3) is 0.467. The maximum atomic E-state index is 13.7. The average molecular weight is 283 g/mol. The Bertz CT molecular complexity index is 473. The van der Waals surface area contributed by atoms with E-state index < -0.39 is 0 Å². The van der Waals surface area contributed by atoms with Gasteiger partial charge in [0, 0.05) is 25.0 Å². The molecule has 0 radical (unpaired) electrons. The van der Waals surface area contributed by atoms with E-state index in [-0.39, 0.29) is 11.9 Å². The summed E-state index contributed by atoms with van der Waals surface area (Å²) in [6.07, 6.45) is 2.76. The van der Waals surface area contributed by atoms with Crippen molar-refractivity contribution in [1.29, 1.82) is 0 Å². The van der Waals surface area contributed by atoms with Crippen LogP contribution >= 0.6 is 11.6 Å². The van der Waals surface area contributed by atoms with Crippen LogP contribution in [-0.2, 0) is 4.74 Å². The lowest BCUT2D eigenvalue weighted by Gasteiger charge is -2.11. The first kappa shape index (κ1) is 14.2. The Balaban J connectivity index is 1.92. The third kappa shape index (κ3) is 4.41. The molecule has 0 N–H and O–H groups in total. The van der Waals surface area contributed by atoms with Gasteiger partial charge in [0.05, 0.1) is 11.7 Å². The van der Waals surface area contributed by atoms with Gasteiger partial charge in [-0.25, -0.2) is 4.39 Å². The summed E-state index contributed by atoms with van der Waals surface area (Å²) in [5.41, 5.74) is 0.370. The van der Waals surface area contributed by atoms with Crippen LogP contribution in [0.1, 0.15) is 24.8 Å². The second kappa shape index (κ2) is 7.37. The molecular weight excluding hydrogens is 267 g/mol. The monoisotopic (exact) mass is 282 g/mol. The van der Waals surface area contributed by atoms with Crippen molar-refractivity contribution in [2.45, 2.75) is 25.4 Å². The van der Waals surface area contributed by atoms with Crippen LogP contribution < -0.4 is 4.74 Å². The van der Waals surface area contributed by atoms with Gasteiger partial charge in [-0.2, -0.15) is 0 Å². The molecule has 1 aromatic carbocycles. The smallest absolute Gasteiger partial charge is 0.142 e. The Morgan fingerprint density at radius 1 is 1.47 bits per heavy atom. The van der Waals surface area contributed by atoms with E-state index in [1.54, 1.807) is 12.1 Å². The average Bonchev–Trinajstić information content (AvgIpc) is 2.92. The molecule has 0 spiro atoms. The summed E-state index contributed by atoms with van der Waals surface area (Å²) in [5, 5.41) is 0. The topological polar surface area (TPSA) is 18.5 Å². The zero-order valence-electron chi connectivity index (χ0n) is 10.6. The second-order valence-electron chi connectivity index (χ2n) is 4.33. The van der Waals surface area contributed by atoms with Gasteiger partial charge in [0.2, 0.25) is 0 Å². The number of hydrogen-bond donors (Lipinski definition) is 0. The number of hydrogen-bond acceptors (Lipinski definition) is 2. The van der Waals surface area contributed by atoms with Gasteiger partial charge in [-0.15, -0.1) is 11.6 Å². The zero-order chi connectivity index (χ0) is 13.5. The van der Waals surface area contributed by atoms with E-state index in [1.807, 2.05) is 0 Å². The molecule has 0 aliphatic carbocycles. The molecule has 1 heterocycles. The molecule has 0 aromatic heterocycles. The van der Waals surface area contributed by atoms with E-state index >= 15 is 0 Å². The number of alkyl halides is 1. The molecule has 0 bridgehead atoms. The molecule has 0 saturated carbocycles. The minimum atomic E-state index is -0.369. The minimum Gasteiger partial charge on any atom is -0.491 e. The Morgan fingerprint density at radius 2 is 2.37 bits per heavy atom. The summed E-state index contributed by atoms with van der Waals surface area (Å²) in [6.45, 7) is 1.26. The molecule has 1 atom stereocenters. The molecular formula is C15H16ClFO2. The molecule has 19 heavy (non-hydrogen) atoms. The normalized spacial score (nSPS) is 17.9. The molecule has 1 aromatic rings. The molecule has 1 fully saturated rings.